The topological polar surface area (TPSA) is 73.3 Å². The first kappa shape index (κ1) is 10.2. The van der Waals surface area contributed by atoms with Crippen molar-refractivity contribution in [3.05, 3.63) is 35.5 Å². The lowest BCUT2D eigenvalue weighted by atomic mass is 10.1. The average molecular weight is 231 g/mol. The molecular weight excluding hydrogens is 218 g/mol. The number of rotatable bonds is 1. The number of fused-ring (bicyclic) bond motifs is 1. The summed E-state index contributed by atoms with van der Waals surface area (Å²) in [4.78, 5) is 0. The van der Waals surface area contributed by atoms with Crippen LogP contribution in [0.2, 0.25) is 0 Å². The Bertz CT molecular complexity index is 563. The number of phenols is 1. The zero-order chi connectivity index (χ0) is 11.8. The number of hydrogen-bond acceptors (Lipinski definition) is 4. The van der Waals surface area contributed by atoms with Gasteiger partial charge in [0.15, 0.2) is 0 Å². The zero-order valence-electron chi connectivity index (χ0n) is 9.26. The Hall–Kier alpha value is -2.01. The van der Waals surface area contributed by atoms with Gasteiger partial charge in [-0.1, -0.05) is 6.07 Å². The lowest BCUT2D eigenvalue weighted by Crippen LogP contribution is -2.12. The van der Waals surface area contributed by atoms with E-state index in [0.29, 0.717) is 19.0 Å². The normalized spacial score (nSPS) is 14.6. The molecule has 5 nitrogen and oxygen atoms in total. The standard InChI is InChI=1S/C12H13N3O2/c13-12-10-4-5-17-7-11(10)15(14-12)8-2-1-3-9(16)6-8/h1-3,6,16H,4-5,7H2,(H2,13,14). The lowest BCUT2D eigenvalue weighted by molar-refractivity contribution is 0.106. The molecule has 0 spiro atoms. The minimum atomic E-state index is 0.210. The average Bonchev–Trinajstić information content (AvgIpc) is 2.68. The van der Waals surface area contributed by atoms with E-state index in [4.69, 9.17) is 10.5 Å². The van der Waals surface area contributed by atoms with E-state index >= 15 is 0 Å². The molecule has 0 fully saturated rings. The minimum absolute atomic E-state index is 0.210. The van der Waals surface area contributed by atoms with Crippen molar-refractivity contribution in [2.75, 3.05) is 12.3 Å². The predicted molar refractivity (Wildman–Crippen MR) is 63.0 cm³/mol. The van der Waals surface area contributed by atoms with Crippen molar-refractivity contribution in [2.45, 2.75) is 13.0 Å². The SMILES string of the molecule is Nc1nn(-c2cccc(O)c2)c2c1CCOC2. The van der Waals surface area contributed by atoms with Gasteiger partial charge in [0.25, 0.3) is 0 Å². The first-order valence-corrected chi connectivity index (χ1v) is 5.49. The van der Waals surface area contributed by atoms with Crippen molar-refractivity contribution in [1.29, 1.82) is 0 Å². The van der Waals surface area contributed by atoms with E-state index in [1.165, 1.54) is 0 Å². The van der Waals surface area contributed by atoms with Gasteiger partial charge in [-0.3, -0.25) is 0 Å². The molecule has 1 aliphatic rings. The molecule has 0 aliphatic carbocycles. The molecule has 2 aromatic rings. The van der Waals surface area contributed by atoms with Gasteiger partial charge in [0.05, 0.1) is 24.6 Å². The predicted octanol–water partition coefficient (Wildman–Crippen LogP) is 1.23. The van der Waals surface area contributed by atoms with Crippen LogP contribution in [-0.2, 0) is 17.8 Å². The third-order valence-electron chi connectivity index (χ3n) is 2.93. The second-order valence-electron chi connectivity index (χ2n) is 4.04. The summed E-state index contributed by atoms with van der Waals surface area (Å²) in [6, 6.07) is 6.93. The van der Waals surface area contributed by atoms with E-state index < -0.39 is 0 Å². The number of ether oxygens (including phenoxy) is 1. The fourth-order valence-electron chi connectivity index (χ4n) is 2.11. The number of hydrogen-bond donors (Lipinski definition) is 2. The molecule has 0 bridgehead atoms. The highest BCUT2D eigenvalue weighted by molar-refractivity contribution is 5.49. The fraction of sp³-hybridized carbons (Fsp3) is 0.250. The first-order chi connectivity index (χ1) is 8.25. The van der Waals surface area contributed by atoms with Gasteiger partial charge in [-0.2, -0.15) is 5.10 Å². The maximum atomic E-state index is 9.48. The monoisotopic (exact) mass is 231 g/mol. The molecule has 3 N–H and O–H groups in total. The summed E-state index contributed by atoms with van der Waals surface area (Å²) in [6.07, 6.45) is 0.792. The molecule has 0 unspecified atom stereocenters. The van der Waals surface area contributed by atoms with Gasteiger partial charge in [-0.05, 0) is 12.1 Å². The summed E-state index contributed by atoms with van der Waals surface area (Å²) in [6.45, 7) is 1.19. The molecule has 3 rings (SSSR count). The number of anilines is 1. The molecular formula is C12H13N3O2. The van der Waals surface area contributed by atoms with Crippen molar-refractivity contribution in [2.24, 2.45) is 0 Å². The van der Waals surface area contributed by atoms with Crippen molar-refractivity contribution in [3.63, 3.8) is 0 Å². The van der Waals surface area contributed by atoms with E-state index in [-0.39, 0.29) is 5.75 Å². The number of nitrogens with zero attached hydrogens (tertiary/aromatic N) is 2. The molecule has 0 saturated carbocycles. The summed E-state index contributed by atoms with van der Waals surface area (Å²) in [5, 5.41) is 13.8. The molecule has 0 saturated heterocycles. The molecule has 1 aromatic heterocycles. The van der Waals surface area contributed by atoms with E-state index in [2.05, 4.69) is 5.10 Å². The van der Waals surface area contributed by atoms with Gasteiger partial charge in [-0.25, -0.2) is 4.68 Å². The highest BCUT2D eigenvalue weighted by Crippen LogP contribution is 2.26. The van der Waals surface area contributed by atoms with Gasteiger partial charge in [0.1, 0.15) is 11.6 Å². The van der Waals surface area contributed by atoms with E-state index in [1.807, 2.05) is 6.07 Å². The molecule has 17 heavy (non-hydrogen) atoms. The summed E-state index contributed by atoms with van der Waals surface area (Å²) in [5.41, 5.74) is 8.71. The van der Waals surface area contributed by atoms with Crippen molar-refractivity contribution in [3.8, 4) is 11.4 Å². The summed E-state index contributed by atoms with van der Waals surface area (Å²) in [7, 11) is 0. The molecule has 2 heterocycles. The van der Waals surface area contributed by atoms with Gasteiger partial charge in [-0.15, -0.1) is 0 Å². The van der Waals surface area contributed by atoms with Crippen LogP contribution in [0.4, 0.5) is 5.82 Å². The van der Waals surface area contributed by atoms with Crippen LogP contribution < -0.4 is 5.73 Å². The fourth-order valence-corrected chi connectivity index (χ4v) is 2.11. The molecule has 0 atom stereocenters. The van der Waals surface area contributed by atoms with Crippen molar-refractivity contribution in [1.82, 2.24) is 9.78 Å². The number of benzene rings is 1. The van der Waals surface area contributed by atoms with Crippen LogP contribution in [0, 0.1) is 0 Å². The van der Waals surface area contributed by atoms with Gasteiger partial charge < -0.3 is 15.6 Å². The highest BCUT2D eigenvalue weighted by atomic mass is 16.5. The summed E-state index contributed by atoms with van der Waals surface area (Å²) >= 11 is 0. The molecule has 0 radical (unpaired) electrons. The number of phenolic OH excluding ortho intramolecular Hbond substituents is 1. The Balaban J connectivity index is 2.15. The second-order valence-corrected chi connectivity index (χ2v) is 4.04. The van der Waals surface area contributed by atoms with Crippen LogP contribution in [0.15, 0.2) is 24.3 Å². The Morgan fingerprint density at radius 3 is 3.12 bits per heavy atom. The van der Waals surface area contributed by atoms with Gasteiger partial charge in [0, 0.05) is 18.1 Å². The smallest absolute Gasteiger partial charge is 0.149 e. The minimum Gasteiger partial charge on any atom is -0.508 e. The third-order valence-corrected chi connectivity index (χ3v) is 2.93. The Labute approximate surface area is 98.4 Å². The maximum Gasteiger partial charge on any atom is 0.149 e. The zero-order valence-corrected chi connectivity index (χ0v) is 9.26. The number of nitrogen functional groups attached to an aromatic ring is 1. The highest BCUT2D eigenvalue weighted by Gasteiger charge is 2.20. The molecule has 1 aliphatic heterocycles. The number of aromatic hydroxyl groups is 1. The molecule has 5 heteroatoms. The Morgan fingerprint density at radius 2 is 2.29 bits per heavy atom. The van der Waals surface area contributed by atoms with Gasteiger partial charge in [0.2, 0.25) is 0 Å². The van der Waals surface area contributed by atoms with Crippen LogP contribution in [0.5, 0.6) is 5.75 Å². The second kappa shape index (κ2) is 3.78. The van der Waals surface area contributed by atoms with Gasteiger partial charge >= 0.3 is 0 Å². The quantitative estimate of drug-likeness (QED) is 0.774. The maximum absolute atomic E-state index is 9.48. The largest absolute Gasteiger partial charge is 0.508 e. The van der Waals surface area contributed by atoms with Crippen LogP contribution in [0.25, 0.3) is 5.69 Å². The van der Waals surface area contributed by atoms with E-state index in [0.717, 1.165) is 23.4 Å². The number of aromatic nitrogens is 2. The lowest BCUT2D eigenvalue weighted by Gasteiger charge is -2.14. The van der Waals surface area contributed by atoms with Crippen molar-refractivity contribution < 1.29 is 9.84 Å². The van der Waals surface area contributed by atoms with Crippen LogP contribution in [0.1, 0.15) is 11.3 Å². The van der Waals surface area contributed by atoms with E-state index in [1.54, 1.807) is 22.9 Å². The molecule has 1 aromatic carbocycles. The molecule has 0 amide bonds. The van der Waals surface area contributed by atoms with Crippen LogP contribution >= 0.6 is 0 Å². The Morgan fingerprint density at radius 1 is 1.41 bits per heavy atom. The first-order valence-electron chi connectivity index (χ1n) is 5.49. The summed E-state index contributed by atoms with van der Waals surface area (Å²) < 4.78 is 7.16. The number of nitrogens with two attached hydrogens (primary N) is 1. The molecule has 88 valence electrons. The van der Waals surface area contributed by atoms with Crippen LogP contribution in [-0.4, -0.2) is 21.5 Å². The summed E-state index contributed by atoms with van der Waals surface area (Å²) in [5.74, 6) is 0.758. The van der Waals surface area contributed by atoms with E-state index in [9.17, 15) is 5.11 Å². The van der Waals surface area contributed by atoms with Crippen molar-refractivity contribution >= 4 is 5.82 Å². The third kappa shape index (κ3) is 1.64. The Kier molecular flexibility index (Phi) is 2.26. The van der Waals surface area contributed by atoms with Crippen LogP contribution in [0.3, 0.4) is 0 Å².